The van der Waals surface area contributed by atoms with Crippen LogP contribution < -0.4 is 4.74 Å². The molecule has 4 heteroatoms. The SMILES string of the molecule is COc1ccc(C(=O)CN(CC2CC2)CC2CC2)cc1Cl. The van der Waals surface area contributed by atoms with E-state index < -0.39 is 0 Å². The zero-order chi connectivity index (χ0) is 14.8. The van der Waals surface area contributed by atoms with Gasteiger partial charge in [-0.1, -0.05) is 11.6 Å². The zero-order valence-corrected chi connectivity index (χ0v) is 13.2. The highest BCUT2D eigenvalue weighted by atomic mass is 35.5. The Morgan fingerprint density at radius 3 is 2.33 bits per heavy atom. The lowest BCUT2D eigenvalue weighted by atomic mass is 10.1. The Morgan fingerprint density at radius 1 is 1.24 bits per heavy atom. The molecule has 0 heterocycles. The summed E-state index contributed by atoms with van der Waals surface area (Å²) in [6.45, 7) is 2.66. The number of carbonyl (C=O) groups excluding carboxylic acids is 1. The molecule has 0 aliphatic heterocycles. The number of ketones is 1. The Kier molecular flexibility index (Phi) is 4.51. The quantitative estimate of drug-likeness (QED) is 0.687. The van der Waals surface area contributed by atoms with Crippen LogP contribution in [0.1, 0.15) is 36.0 Å². The lowest BCUT2D eigenvalue weighted by molar-refractivity contribution is 0.0924. The number of ether oxygens (including phenoxy) is 1. The van der Waals surface area contributed by atoms with Crippen molar-refractivity contribution in [1.82, 2.24) is 4.90 Å². The molecule has 3 rings (SSSR count). The topological polar surface area (TPSA) is 29.5 Å². The average molecular weight is 308 g/mol. The maximum Gasteiger partial charge on any atom is 0.176 e. The van der Waals surface area contributed by atoms with Gasteiger partial charge in [0.1, 0.15) is 5.75 Å². The Morgan fingerprint density at radius 2 is 1.86 bits per heavy atom. The number of Topliss-reactive ketones (excluding diaryl/α,β-unsaturated/α-hetero) is 1. The van der Waals surface area contributed by atoms with Crippen LogP contribution in [0.3, 0.4) is 0 Å². The second kappa shape index (κ2) is 6.37. The van der Waals surface area contributed by atoms with Crippen LogP contribution in [0.25, 0.3) is 0 Å². The lowest BCUT2D eigenvalue weighted by Gasteiger charge is -2.21. The summed E-state index contributed by atoms with van der Waals surface area (Å²) in [5.74, 6) is 2.40. The number of hydrogen-bond acceptors (Lipinski definition) is 3. The molecule has 0 spiro atoms. The van der Waals surface area contributed by atoms with Gasteiger partial charge in [0.15, 0.2) is 5.78 Å². The third-order valence-electron chi connectivity index (χ3n) is 4.27. The first-order valence-electron chi connectivity index (χ1n) is 7.75. The fourth-order valence-corrected chi connectivity index (χ4v) is 2.93. The van der Waals surface area contributed by atoms with Crippen LogP contribution in [0.5, 0.6) is 5.75 Å². The molecule has 0 bridgehead atoms. The van der Waals surface area contributed by atoms with Crippen molar-refractivity contribution < 1.29 is 9.53 Å². The Balaban J connectivity index is 1.63. The van der Waals surface area contributed by atoms with Gasteiger partial charge in [0.2, 0.25) is 0 Å². The number of hydrogen-bond donors (Lipinski definition) is 0. The van der Waals surface area contributed by atoms with E-state index in [1.165, 1.54) is 25.7 Å². The smallest absolute Gasteiger partial charge is 0.176 e. The van der Waals surface area contributed by atoms with Gasteiger partial charge in [0, 0.05) is 18.7 Å². The highest BCUT2D eigenvalue weighted by molar-refractivity contribution is 6.32. The first-order valence-corrected chi connectivity index (χ1v) is 8.12. The van der Waals surface area contributed by atoms with Gasteiger partial charge in [0.25, 0.3) is 0 Å². The standard InChI is InChI=1S/C17H22ClNO2/c1-21-17-7-6-14(8-15(17)18)16(20)11-19(9-12-2-3-12)10-13-4-5-13/h6-8,12-13H,2-5,9-11H2,1H3. The number of nitrogens with zero attached hydrogens (tertiary/aromatic N) is 1. The molecule has 1 aromatic rings. The van der Waals surface area contributed by atoms with Gasteiger partial charge in [0.05, 0.1) is 18.7 Å². The van der Waals surface area contributed by atoms with Crippen LogP contribution in [0, 0.1) is 11.8 Å². The molecule has 2 aliphatic carbocycles. The van der Waals surface area contributed by atoms with E-state index in [0.29, 0.717) is 22.9 Å². The molecule has 0 N–H and O–H groups in total. The molecule has 3 nitrogen and oxygen atoms in total. The summed E-state index contributed by atoms with van der Waals surface area (Å²) >= 11 is 6.11. The zero-order valence-electron chi connectivity index (χ0n) is 12.5. The minimum Gasteiger partial charge on any atom is -0.495 e. The van der Waals surface area contributed by atoms with E-state index in [9.17, 15) is 4.79 Å². The number of halogens is 1. The number of rotatable bonds is 8. The molecule has 1 aromatic carbocycles. The third kappa shape index (κ3) is 4.21. The van der Waals surface area contributed by atoms with Crippen molar-refractivity contribution in [2.45, 2.75) is 25.7 Å². The highest BCUT2D eigenvalue weighted by Gasteiger charge is 2.30. The molecule has 2 fully saturated rings. The Hall–Kier alpha value is -1.06. The van der Waals surface area contributed by atoms with Crippen LogP contribution in [0.15, 0.2) is 18.2 Å². The van der Waals surface area contributed by atoms with Crippen molar-refractivity contribution in [1.29, 1.82) is 0 Å². The molecule has 0 amide bonds. The number of carbonyl (C=O) groups is 1. The first-order chi connectivity index (χ1) is 10.2. The summed E-state index contributed by atoms with van der Waals surface area (Å²) in [4.78, 5) is 14.8. The Labute approximate surface area is 131 Å². The fraction of sp³-hybridized carbons (Fsp3) is 0.588. The largest absolute Gasteiger partial charge is 0.495 e. The van der Waals surface area contributed by atoms with Gasteiger partial charge < -0.3 is 4.74 Å². The molecule has 2 aliphatic rings. The molecule has 21 heavy (non-hydrogen) atoms. The molecule has 2 saturated carbocycles. The second-order valence-electron chi connectivity index (χ2n) is 6.35. The molecule has 0 unspecified atom stereocenters. The van der Waals surface area contributed by atoms with Crippen molar-refractivity contribution >= 4 is 17.4 Å². The van der Waals surface area contributed by atoms with Gasteiger partial charge in [-0.3, -0.25) is 9.69 Å². The van der Waals surface area contributed by atoms with Crippen LogP contribution in [-0.2, 0) is 0 Å². The summed E-state index contributed by atoms with van der Waals surface area (Å²) in [7, 11) is 1.58. The molecular formula is C17H22ClNO2. The summed E-state index contributed by atoms with van der Waals surface area (Å²) in [5, 5.41) is 0.499. The Bertz CT molecular complexity index is 510. The predicted molar refractivity (Wildman–Crippen MR) is 84.2 cm³/mol. The minimum absolute atomic E-state index is 0.154. The predicted octanol–water partition coefficient (Wildman–Crippen LogP) is 3.65. The molecule has 0 radical (unpaired) electrons. The monoisotopic (exact) mass is 307 g/mol. The van der Waals surface area contributed by atoms with Gasteiger partial charge in [-0.25, -0.2) is 0 Å². The molecule has 0 saturated heterocycles. The van der Waals surface area contributed by atoms with Crippen molar-refractivity contribution in [3.05, 3.63) is 28.8 Å². The van der Waals surface area contributed by atoms with E-state index in [1.807, 2.05) is 0 Å². The lowest BCUT2D eigenvalue weighted by Crippen LogP contribution is -2.33. The first kappa shape index (κ1) is 14.9. The van der Waals surface area contributed by atoms with Crippen LogP contribution in [-0.4, -0.2) is 37.4 Å². The van der Waals surface area contributed by atoms with Crippen molar-refractivity contribution in [3.8, 4) is 5.75 Å². The van der Waals surface area contributed by atoms with Crippen LogP contribution >= 0.6 is 11.6 Å². The van der Waals surface area contributed by atoms with Gasteiger partial charge in [-0.15, -0.1) is 0 Å². The number of benzene rings is 1. The second-order valence-corrected chi connectivity index (χ2v) is 6.76. The summed E-state index contributed by atoms with van der Waals surface area (Å²) in [6.07, 6.45) is 5.29. The minimum atomic E-state index is 0.154. The van der Waals surface area contributed by atoms with Crippen molar-refractivity contribution in [2.75, 3.05) is 26.7 Å². The van der Waals surface area contributed by atoms with E-state index in [1.54, 1.807) is 25.3 Å². The van der Waals surface area contributed by atoms with Crippen LogP contribution in [0.4, 0.5) is 0 Å². The van der Waals surface area contributed by atoms with Crippen molar-refractivity contribution in [2.24, 2.45) is 11.8 Å². The third-order valence-corrected chi connectivity index (χ3v) is 4.56. The maximum absolute atomic E-state index is 12.5. The van der Waals surface area contributed by atoms with E-state index in [0.717, 1.165) is 24.9 Å². The van der Waals surface area contributed by atoms with Gasteiger partial charge in [-0.2, -0.15) is 0 Å². The molecule has 0 atom stereocenters. The van der Waals surface area contributed by atoms with E-state index in [-0.39, 0.29) is 5.78 Å². The van der Waals surface area contributed by atoms with Gasteiger partial charge >= 0.3 is 0 Å². The number of methoxy groups -OCH3 is 1. The van der Waals surface area contributed by atoms with Crippen molar-refractivity contribution in [3.63, 3.8) is 0 Å². The highest BCUT2D eigenvalue weighted by Crippen LogP contribution is 2.34. The van der Waals surface area contributed by atoms with E-state index in [4.69, 9.17) is 16.3 Å². The van der Waals surface area contributed by atoms with Gasteiger partial charge in [-0.05, 0) is 55.7 Å². The molecule has 114 valence electrons. The molecule has 0 aromatic heterocycles. The average Bonchev–Trinajstić information content (AvgIpc) is 3.35. The summed E-state index contributed by atoms with van der Waals surface area (Å²) < 4.78 is 5.13. The van der Waals surface area contributed by atoms with Crippen LogP contribution in [0.2, 0.25) is 5.02 Å². The fourth-order valence-electron chi connectivity index (χ4n) is 2.67. The maximum atomic E-state index is 12.5. The van der Waals surface area contributed by atoms with E-state index >= 15 is 0 Å². The molecular weight excluding hydrogens is 286 g/mol. The normalized spacial score (nSPS) is 18.0. The summed E-state index contributed by atoms with van der Waals surface area (Å²) in [5.41, 5.74) is 0.678. The van der Waals surface area contributed by atoms with E-state index in [2.05, 4.69) is 4.90 Å². The summed E-state index contributed by atoms with van der Waals surface area (Å²) in [6, 6.07) is 5.29.